The number of rotatable bonds is 4. The zero-order valence-corrected chi connectivity index (χ0v) is 9.74. The summed E-state index contributed by atoms with van der Waals surface area (Å²) in [5.41, 5.74) is 1.24. The maximum atomic E-state index is 8.67. The van der Waals surface area contributed by atoms with E-state index in [-0.39, 0.29) is 6.61 Å². The molecule has 0 atom stereocenters. The highest BCUT2D eigenvalue weighted by molar-refractivity contribution is 7.17. The summed E-state index contributed by atoms with van der Waals surface area (Å²) in [6, 6.07) is 5.94. The first-order valence-electron chi connectivity index (χ1n) is 4.78. The Kier molecular flexibility index (Phi) is 3.59. The van der Waals surface area contributed by atoms with Gasteiger partial charge in [0.05, 0.1) is 6.61 Å². The maximum Gasteiger partial charge on any atom is 0.0556 e. The first-order chi connectivity index (χ1) is 7.31. The zero-order chi connectivity index (χ0) is 10.7. The van der Waals surface area contributed by atoms with Crippen LogP contribution in [-0.4, -0.2) is 18.3 Å². The Balaban J connectivity index is 2.23. The van der Waals surface area contributed by atoms with Gasteiger partial charge >= 0.3 is 0 Å². The van der Waals surface area contributed by atoms with E-state index in [4.69, 9.17) is 16.7 Å². The summed E-state index contributed by atoms with van der Waals surface area (Å²) >= 11 is 7.67. The smallest absolute Gasteiger partial charge is 0.0556 e. The highest BCUT2D eigenvalue weighted by Gasteiger charge is 2.03. The van der Waals surface area contributed by atoms with E-state index in [0.29, 0.717) is 6.54 Å². The van der Waals surface area contributed by atoms with Gasteiger partial charge in [0, 0.05) is 22.8 Å². The van der Waals surface area contributed by atoms with Crippen molar-refractivity contribution in [2.75, 3.05) is 13.2 Å². The minimum Gasteiger partial charge on any atom is -0.395 e. The molecular formula is C11H12ClNOS. The van der Waals surface area contributed by atoms with E-state index in [1.807, 2.05) is 18.2 Å². The van der Waals surface area contributed by atoms with Crippen LogP contribution in [0.3, 0.4) is 0 Å². The molecule has 15 heavy (non-hydrogen) atoms. The molecule has 2 aromatic rings. The molecule has 0 aliphatic carbocycles. The van der Waals surface area contributed by atoms with Crippen molar-refractivity contribution in [1.29, 1.82) is 0 Å². The van der Waals surface area contributed by atoms with Crippen molar-refractivity contribution in [3.8, 4) is 0 Å². The van der Waals surface area contributed by atoms with Gasteiger partial charge in [-0.25, -0.2) is 0 Å². The summed E-state index contributed by atoms with van der Waals surface area (Å²) in [4.78, 5) is 0. The molecule has 0 radical (unpaired) electrons. The number of nitrogens with one attached hydrogen (secondary N) is 1. The molecule has 1 heterocycles. The van der Waals surface area contributed by atoms with Gasteiger partial charge in [0.1, 0.15) is 0 Å². The summed E-state index contributed by atoms with van der Waals surface area (Å²) in [5, 5.41) is 15.9. The third kappa shape index (κ3) is 2.49. The van der Waals surface area contributed by atoms with Gasteiger partial charge in [-0.2, -0.15) is 0 Å². The minimum absolute atomic E-state index is 0.169. The van der Waals surface area contributed by atoms with Crippen LogP contribution in [0, 0.1) is 0 Å². The molecule has 1 aromatic heterocycles. The number of aliphatic hydroxyl groups is 1. The highest BCUT2D eigenvalue weighted by Crippen LogP contribution is 2.28. The van der Waals surface area contributed by atoms with Gasteiger partial charge in [0.25, 0.3) is 0 Å². The fraction of sp³-hybridized carbons (Fsp3) is 0.273. The molecule has 1 aromatic carbocycles. The van der Waals surface area contributed by atoms with Gasteiger partial charge in [-0.3, -0.25) is 0 Å². The molecule has 4 heteroatoms. The van der Waals surface area contributed by atoms with Crippen LogP contribution < -0.4 is 5.32 Å². The van der Waals surface area contributed by atoms with Gasteiger partial charge in [0.15, 0.2) is 0 Å². The van der Waals surface area contributed by atoms with Crippen LogP contribution in [0.5, 0.6) is 0 Å². The SMILES string of the molecule is OCCNCc1csc2ccc(Cl)cc12. The van der Waals surface area contributed by atoms with Crippen LogP contribution in [-0.2, 0) is 6.54 Å². The number of hydrogen-bond acceptors (Lipinski definition) is 3. The monoisotopic (exact) mass is 241 g/mol. The largest absolute Gasteiger partial charge is 0.395 e. The molecule has 2 rings (SSSR count). The van der Waals surface area contributed by atoms with Crippen LogP contribution in [0.15, 0.2) is 23.6 Å². The fourth-order valence-electron chi connectivity index (χ4n) is 1.49. The molecule has 0 fully saturated rings. The molecule has 0 aliphatic rings. The first kappa shape index (κ1) is 10.9. The Bertz CT molecular complexity index is 455. The topological polar surface area (TPSA) is 32.3 Å². The van der Waals surface area contributed by atoms with Crippen molar-refractivity contribution in [1.82, 2.24) is 5.32 Å². The molecule has 2 nitrogen and oxygen atoms in total. The quantitative estimate of drug-likeness (QED) is 0.807. The predicted molar refractivity (Wildman–Crippen MR) is 65.6 cm³/mol. The van der Waals surface area contributed by atoms with E-state index in [1.54, 1.807) is 11.3 Å². The normalized spacial score (nSPS) is 11.1. The third-order valence-electron chi connectivity index (χ3n) is 2.22. The number of halogens is 1. The zero-order valence-electron chi connectivity index (χ0n) is 8.16. The Morgan fingerprint density at radius 1 is 1.40 bits per heavy atom. The average molecular weight is 242 g/mol. The van der Waals surface area contributed by atoms with Crippen LogP contribution in [0.25, 0.3) is 10.1 Å². The number of aliphatic hydroxyl groups excluding tert-OH is 1. The lowest BCUT2D eigenvalue weighted by atomic mass is 10.2. The highest BCUT2D eigenvalue weighted by atomic mass is 35.5. The van der Waals surface area contributed by atoms with Gasteiger partial charge in [-0.05, 0) is 34.5 Å². The molecule has 0 spiro atoms. The summed E-state index contributed by atoms with van der Waals surface area (Å²) < 4.78 is 1.25. The molecular weight excluding hydrogens is 230 g/mol. The molecule has 0 amide bonds. The summed E-state index contributed by atoms with van der Waals surface area (Å²) in [6.45, 7) is 1.57. The lowest BCUT2D eigenvalue weighted by Gasteiger charge is -2.01. The van der Waals surface area contributed by atoms with E-state index in [1.165, 1.54) is 15.6 Å². The van der Waals surface area contributed by atoms with Crippen molar-refractivity contribution in [2.45, 2.75) is 6.54 Å². The van der Waals surface area contributed by atoms with Crippen LogP contribution in [0.4, 0.5) is 0 Å². The standard InChI is InChI=1S/C11H12ClNOS/c12-9-1-2-11-10(5-9)8(7-15-11)6-13-3-4-14/h1-2,5,7,13-14H,3-4,6H2. The third-order valence-corrected chi connectivity index (χ3v) is 3.47. The van der Waals surface area contributed by atoms with E-state index in [2.05, 4.69) is 10.7 Å². The summed E-state index contributed by atoms with van der Waals surface area (Å²) in [7, 11) is 0. The number of fused-ring (bicyclic) bond motifs is 1. The van der Waals surface area contributed by atoms with E-state index in [9.17, 15) is 0 Å². The van der Waals surface area contributed by atoms with Crippen molar-refractivity contribution < 1.29 is 5.11 Å². The summed E-state index contributed by atoms with van der Waals surface area (Å²) in [5.74, 6) is 0. The minimum atomic E-state index is 0.169. The second-order valence-corrected chi connectivity index (χ2v) is 4.65. The van der Waals surface area contributed by atoms with Crippen molar-refractivity contribution in [3.05, 3.63) is 34.2 Å². The second-order valence-electron chi connectivity index (χ2n) is 3.30. The fourth-order valence-corrected chi connectivity index (χ4v) is 2.61. The number of thiophene rings is 1. The van der Waals surface area contributed by atoms with Crippen LogP contribution in [0.1, 0.15) is 5.56 Å². The average Bonchev–Trinajstić information content (AvgIpc) is 2.62. The van der Waals surface area contributed by atoms with Crippen LogP contribution >= 0.6 is 22.9 Å². The predicted octanol–water partition coefficient (Wildman–Crippen LogP) is 2.64. The Morgan fingerprint density at radius 2 is 2.27 bits per heavy atom. The Hall–Kier alpha value is -0.610. The van der Waals surface area contributed by atoms with Crippen molar-refractivity contribution >= 4 is 33.0 Å². The maximum absolute atomic E-state index is 8.67. The van der Waals surface area contributed by atoms with Crippen molar-refractivity contribution in [3.63, 3.8) is 0 Å². The molecule has 80 valence electrons. The Morgan fingerprint density at radius 3 is 3.07 bits per heavy atom. The second kappa shape index (κ2) is 4.94. The van der Waals surface area contributed by atoms with Gasteiger partial charge in [0.2, 0.25) is 0 Å². The van der Waals surface area contributed by atoms with Crippen LogP contribution in [0.2, 0.25) is 5.02 Å². The molecule has 0 saturated carbocycles. The van der Waals surface area contributed by atoms with Gasteiger partial charge in [-0.1, -0.05) is 11.6 Å². The summed E-state index contributed by atoms with van der Waals surface area (Å²) in [6.07, 6.45) is 0. The first-order valence-corrected chi connectivity index (χ1v) is 6.04. The van der Waals surface area contributed by atoms with E-state index < -0.39 is 0 Å². The van der Waals surface area contributed by atoms with Crippen molar-refractivity contribution in [2.24, 2.45) is 0 Å². The number of hydrogen-bond donors (Lipinski definition) is 2. The van der Waals surface area contributed by atoms with Gasteiger partial charge in [-0.15, -0.1) is 11.3 Å². The molecule has 0 aliphatic heterocycles. The molecule has 0 unspecified atom stereocenters. The lowest BCUT2D eigenvalue weighted by Crippen LogP contribution is -2.17. The Labute approximate surface area is 97.5 Å². The molecule has 0 saturated heterocycles. The van der Waals surface area contributed by atoms with Gasteiger partial charge < -0.3 is 10.4 Å². The number of benzene rings is 1. The lowest BCUT2D eigenvalue weighted by molar-refractivity contribution is 0.292. The molecule has 0 bridgehead atoms. The van der Waals surface area contributed by atoms with E-state index >= 15 is 0 Å². The molecule has 2 N–H and O–H groups in total. The van der Waals surface area contributed by atoms with E-state index in [0.717, 1.165) is 11.6 Å².